The van der Waals surface area contributed by atoms with Gasteiger partial charge in [-0.1, -0.05) is 48.9 Å². The van der Waals surface area contributed by atoms with Gasteiger partial charge in [-0.15, -0.1) is 0 Å². The van der Waals surface area contributed by atoms with E-state index in [0.717, 1.165) is 28.1 Å². The zero-order chi connectivity index (χ0) is 24.8. The lowest BCUT2D eigenvalue weighted by molar-refractivity contribution is -0.139. The third-order valence-electron chi connectivity index (χ3n) is 5.50. The van der Waals surface area contributed by atoms with Crippen LogP contribution in [-0.4, -0.2) is 50.0 Å². The van der Waals surface area contributed by atoms with Gasteiger partial charge in [0.1, 0.15) is 12.6 Å². The molecule has 2 aromatic carbocycles. The summed E-state index contributed by atoms with van der Waals surface area (Å²) < 4.78 is 26.3. The maximum absolute atomic E-state index is 13.5. The van der Waals surface area contributed by atoms with E-state index < -0.39 is 28.5 Å². The number of anilines is 1. The molecule has 0 aliphatic heterocycles. The van der Waals surface area contributed by atoms with Gasteiger partial charge in [0.15, 0.2) is 0 Å². The molecule has 0 aromatic heterocycles. The van der Waals surface area contributed by atoms with Gasteiger partial charge in [-0.2, -0.15) is 0 Å². The number of carbonyl (C=O) groups is 2. The molecule has 1 N–H and O–H groups in total. The van der Waals surface area contributed by atoms with Gasteiger partial charge in [-0.3, -0.25) is 13.9 Å². The molecule has 0 unspecified atom stereocenters. The van der Waals surface area contributed by atoms with Gasteiger partial charge in [-0.05, 0) is 56.5 Å². The second kappa shape index (κ2) is 11.5. The Morgan fingerprint density at radius 2 is 1.67 bits per heavy atom. The lowest BCUT2D eigenvalue weighted by atomic mass is 10.1. The van der Waals surface area contributed by atoms with Crippen molar-refractivity contribution in [2.24, 2.45) is 0 Å². The van der Waals surface area contributed by atoms with Crippen LogP contribution in [0.15, 0.2) is 48.5 Å². The van der Waals surface area contributed by atoms with E-state index in [4.69, 9.17) is 11.6 Å². The van der Waals surface area contributed by atoms with Crippen LogP contribution in [0, 0.1) is 6.92 Å². The summed E-state index contributed by atoms with van der Waals surface area (Å²) >= 11 is 5.98. The van der Waals surface area contributed by atoms with Crippen molar-refractivity contribution in [3.63, 3.8) is 0 Å². The zero-order valence-corrected chi connectivity index (χ0v) is 21.3. The molecule has 180 valence electrons. The molecule has 7 nitrogen and oxygen atoms in total. The van der Waals surface area contributed by atoms with E-state index in [9.17, 15) is 18.0 Å². The Bertz CT molecular complexity index is 1070. The Balaban J connectivity index is 2.39. The van der Waals surface area contributed by atoms with Gasteiger partial charge in [0.2, 0.25) is 21.8 Å². The second-order valence-corrected chi connectivity index (χ2v) is 10.5. The van der Waals surface area contributed by atoms with Gasteiger partial charge in [0, 0.05) is 17.6 Å². The molecule has 2 amide bonds. The minimum absolute atomic E-state index is 0.0491. The minimum atomic E-state index is -3.75. The Morgan fingerprint density at radius 1 is 1.06 bits per heavy atom. The number of para-hydroxylation sites is 1. The second-order valence-electron chi connectivity index (χ2n) is 8.20. The van der Waals surface area contributed by atoms with Crippen LogP contribution < -0.4 is 9.62 Å². The maximum atomic E-state index is 13.5. The Labute approximate surface area is 201 Å². The number of sulfonamides is 1. The van der Waals surface area contributed by atoms with Crippen LogP contribution in [0.4, 0.5) is 5.69 Å². The Hall–Kier alpha value is -2.58. The van der Waals surface area contributed by atoms with E-state index in [1.807, 2.05) is 13.8 Å². The number of rotatable bonds is 10. The molecule has 0 heterocycles. The molecular weight excluding hydrogens is 462 g/mol. The highest BCUT2D eigenvalue weighted by molar-refractivity contribution is 7.92. The lowest BCUT2D eigenvalue weighted by Gasteiger charge is -2.32. The van der Waals surface area contributed by atoms with Crippen LogP contribution >= 0.6 is 11.6 Å². The molecular formula is C24H32ClN3O4S. The lowest BCUT2D eigenvalue weighted by Crippen LogP contribution is -2.52. The van der Waals surface area contributed by atoms with Crippen molar-refractivity contribution in [3.05, 3.63) is 64.7 Å². The molecule has 0 radical (unpaired) electrons. The number of nitrogens with one attached hydrogen (secondary N) is 1. The van der Waals surface area contributed by atoms with Gasteiger partial charge in [0.05, 0.1) is 11.9 Å². The normalized spacial score (nSPS) is 13.2. The molecule has 0 aliphatic rings. The summed E-state index contributed by atoms with van der Waals surface area (Å²) in [5.74, 6) is -0.779. The number of hydrogen-bond acceptors (Lipinski definition) is 4. The standard InChI is InChI=1S/C24H32ClN3O4S/c1-6-18(3)26-24(30)19(4)27(15-20-11-13-21(25)14-12-20)23(29)16-28(33(5,31)32)22-10-8-7-9-17(22)2/h7-14,18-19H,6,15-16H2,1-5H3,(H,26,30)/t18-,19-/m1/s1. The van der Waals surface area contributed by atoms with Crippen LogP contribution in [0.5, 0.6) is 0 Å². The molecule has 0 fully saturated rings. The van der Waals surface area contributed by atoms with Crippen molar-refractivity contribution in [2.75, 3.05) is 17.1 Å². The first kappa shape index (κ1) is 26.7. The number of amides is 2. The molecule has 2 rings (SSSR count). The Morgan fingerprint density at radius 3 is 2.21 bits per heavy atom. The molecule has 2 atom stereocenters. The SMILES string of the molecule is CC[C@@H](C)NC(=O)[C@@H](C)N(Cc1ccc(Cl)cc1)C(=O)CN(c1ccccc1C)S(C)(=O)=O. The highest BCUT2D eigenvalue weighted by Gasteiger charge is 2.30. The summed E-state index contributed by atoms with van der Waals surface area (Å²) in [6.45, 7) is 6.99. The smallest absolute Gasteiger partial charge is 0.244 e. The summed E-state index contributed by atoms with van der Waals surface area (Å²) in [5.41, 5.74) is 1.93. The van der Waals surface area contributed by atoms with Crippen molar-refractivity contribution < 1.29 is 18.0 Å². The predicted molar refractivity (Wildman–Crippen MR) is 133 cm³/mol. The van der Waals surface area contributed by atoms with E-state index in [-0.39, 0.29) is 18.5 Å². The fraction of sp³-hybridized carbons (Fsp3) is 0.417. The number of benzene rings is 2. The first-order valence-electron chi connectivity index (χ1n) is 10.8. The maximum Gasteiger partial charge on any atom is 0.244 e. The first-order chi connectivity index (χ1) is 15.4. The van der Waals surface area contributed by atoms with Crippen LogP contribution in [0.1, 0.15) is 38.3 Å². The van der Waals surface area contributed by atoms with E-state index in [1.54, 1.807) is 62.4 Å². The van der Waals surface area contributed by atoms with Crippen molar-refractivity contribution in [3.8, 4) is 0 Å². The fourth-order valence-electron chi connectivity index (χ4n) is 3.27. The predicted octanol–water partition coefficient (Wildman–Crippen LogP) is 3.75. The van der Waals surface area contributed by atoms with Crippen molar-refractivity contribution in [1.29, 1.82) is 0 Å². The highest BCUT2D eigenvalue weighted by Crippen LogP contribution is 2.23. The highest BCUT2D eigenvalue weighted by atomic mass is 35.5. The van der Waals surface area contributed by atoms with E-state index in [0.29, 0.717) is 10.7 Å². The van der Waals surface area contributed by atoms with E-state index in [2.05, 4.69) is 5.32 Å². The average molecular weight is 494 g/mol. The van der Waals surface area contributed by atoms with Gasteiger partial charge < -0.3 is 10.2 Å². The van der Waals surface area contributed by atoms with Crippen LogP contribution in [0.25, 0.3) is 0 Å². The number of carbonyl (C=O) groups excluding carboxylic acids is 2. The largest absolute Gasteiger partial charge is 0.352 e. The molecule has 0 saturated carbocycles. The molecule has 0 saturated heterocycles. The third kappa shape index (κ3) is 7.47. The summed E-state index contributed by atoms with van der Waals surface area (Å²) in [5, 5.41) is 3.46. The van der Waals surface area contributed by atoms with Gasteiger partial charge >= 0.3 is 0 Å². The van der Waals surface area contributed by atoms with Crippen LogP contribution in [-0.2, 0) is 26.2 Å². The van der Waals surface area contributed by atoms with Crippen molar-refractivity contribution >= 4 is 39.1 Å². The molecule has 2 aromatic rings. The quantitative estimate of drug-likeness (QED) is 0.546. The molecule has 0 aliphatic carbocycles. The number of hydrogen-bond donors (Lipinski definition) is 1. The van der Waals surface area contributed by atoms with E-state index in [1.165, 1.54) is 4.90 Å². The fourth-order valence-corrected chi connectivity index (χ4v) is 4.31. The first-order valence-corrected chi connectivity index (χ1v) is 13.0. The van der Waals surface area contributed by atoms with Crippen molar-refractivity contribution in [1.82, 2.24) is 10.2 Å². The van der Waals surface area contributed by atoms with Gasteiger partial charge in [0.25, 0.3) is 0 Å². The van der Waals surface area contributed by atoms with Crippen LogP contribution in [0.2, 0.25) is 5.02 Å². The number of halogens is 1. The topological polar surface area (TPSA) is 86.8 Å². The van der Waals surface area contributed by atoms with Crippen LogP contribution in [0.3, 0.4) is 0 Å². The molecule has 0 bridgehead atoms. The zero-order valence-electron chi connectivity index (χ0n) is 19.7. The summed E-state index contributed by atoms with van der Waals surface area (Å²) in [4.78, 5) is 27.7. The monoisotopic (exact) mass is 493 g/mol. The number of nitrogens with zero attached hydrogens (tertiary/aromatic N) is 2. The summed E-state index contributed by atoms with van der Waals surface area (Å²) in [7, 11) is -3.75. The summed E-state index contributed by atoms with van der Waals surface area (Å²) in [6.07, 6.45) is 1.81. The minimum Gasteiger partial charge on any atom is -0.352 e. The number of aryl methyl sites for hydroxylation is 1. The molecule has 9 heteroatoms. The van der Waals surface area contributed by atoms with E-state index >= 15 is 0 Å². The third-order valence-corrected chi connectivity index (χ3v) is 6.88. The summed E-state index contributed by atoms with van der Waals surface area (Å²) in [6, 6.07) is 13.1. The van der Waals surface area contributed by atoms with Gasteiger partial charge in [-0.25, -0.2) is 8.42 Å². The van der Waals surface area contributed by atoms with Crippen molar-refractivity contribution in [2.45, 2.75) is 52.7 Å². The Kier molecular flexibility index (Phi) is 9.31. The average Bonchev–Trinajstić information content (AvgIpc) is 2.76. The molecule has 33 heavy (non-hydrogen) atoms. The molecule has 0 spiro atoms.